The molecule has 2 amide bonds. The zero-order chi connectivity index (χ0) is 25.1. The quantitative estimate of drug-likeness (QED) is 0.367. The van der Waals surface area contributed by atoms with Gasteiger partial charge in [0.1, 0.15) is 11.9 Å². The fraction of sp³-hybridized carbons (Fsp3) is 0.231. The number of nitrogens with zero attached hydrogens (tertiary/aromatic N) is 1. The van der Waals surface area contributed by atoms with E-state index >= 15 is 0 Å². The average Bonchev–Trinajstić information content (AvgIpc) is 3.62. The van der Waals surface area contributed by atoms with Gasteiger partial charge in [0.05, 0.1) is 17.0 Å². The van der Waals surface area contributed by atoms with Crippen LogP contribution in [0.15, 0.2) is 82.2 Å². The molecule has 0 radical (unpaired) electrons. The van der Waals surface area contributed by atoms with E-state index in [-0.39, 0.29) is 16.8 Å². The van der Waals surface area contributed by atoms with Crippen molar-refractivity contribution in [2.24, 2.45) is 0 Å². The lowest BCUT2D eigenvalue weighted by atomic mass is 10.2. The fourth-order valence-electron chi connectivity index (χ4n) is 4.29. The van der Waals surface area contributed by atoms with Crippen LogP contribution in [0, 0.1) is 0 Å². The minimum atomic E-state index is -4.01. The molecule has 2 aromatic heterocycles. The number of anilines is 1. The van der Waals surface area contributed by atoms with Gasteiger partial charge >= 0.3 is 12.0 Å². The summed E-state index contributed by atoms with van der Waals surface area (Å²) in [6, 6.07) is 18.2. The van der Waals surface area contributed by atoms with Crippen LogP contribution in [0.1, 0.15) is 42.0 Å². The SMILES string of the molecule is O=C(Nc1ccc2ccn(Cc3ccc(C(=O)NS(=O)(=O)c4ccccc4)o3)c2c1)OC1CCCC1. The van der Waals surface area contributed by atoms with Crippen molar-refractivity contribution in [3.8, 4) is 0 Å². The summed E-state index contributed by atoms with van der Waals surface area (Å²) in [7, 11) is -4.01. The van der Waals surface area contributed by atoms with E-state index in [1.165, 1.54) is 18.2 Å². The van der Waals surface area contributed by atoms with Crippen molar-refractivity contribution in [3.05, 3.63) is 84.4 Å². The van der Waals surface area contributed by atoms with Crippen LogP contribution >= 0.6 is 0 Å². The molecular weight excluding hydrogens is 482 g/mol. The van der Waals surface area contributed by atoms with Gasteiger partial charge in [0.15, 0.2) is 5.76 Å². The highest BCUT2D eigenvalue weighted by molar-refractivity contribution is 7.90. The number of aromatic nitrogens is 1. The molecule has 0 spiro atoms. The van der Waals surface area contributed by atoms with Crippen molar-refractivity contribution in [3.63, 3.8) is 0 Å². The number of hydrogen-bond acceptors (Lipinski definition) is 6. The zero-order valence-electron chi connectivity index (χ0n) is 19.3. The molecule has 2 N–H and O–H groups in total. The van der Waals surface area contributed by atoms with Crippen molar-refractivity contribution in [2.75, 3.05) is 5.32 Å². The van der Waals surface area contributed by atoms with E-state index in [1.807, 2.05) is 39.8 Å². The van der Waals surface area contributed by atoms with Crippen LogP contribution in [0.4, 0.5) is 10.5 Å². The number of furan rings is 1. The molecule has 0 atom stereocenters. The van der Waals surface area contributed by atoms with Gasteiger partial charge in [0.25, 0.3) is 10.0 Å². The van der Waals surface area contributed by atoms with Gasteiger partial charge in [0.2, 0.25) is 0 Å². The first-order valence-electron chi connectivity index (χ1n) is 11.6. The van der Waals surface area contributed by atoms with Gasteiger partial charge in [-0.1, -0.05) is 24.3 Å². The summed E-state index contributed by atoms with van der Waals surface area (Å²) in [6.07, 6.45) is 5.34. The lowest BCUT2D eigenvalue weighted by Gasteiger charge is -2.12. The molecule has 1 fully saturated rings. The molecule has 186 valence electrons. The van der Waals surface area contributed by atoms with Gasteiger partial charge in [-0.05, 0) is 73.5 Å². The number of sulfonamides is 1. The molecule has 0 unspecified atom stereocenters. The molecule has 36 heavy (non-hydrogen) atoms. The standard InChI is InChI=1S/C26H25N3O6S/c30-25(28-36(32,33)22-8-2-1-3-9-22)24-13-12-21(34-24)17-29-15-14-18-10-11-19(16-23(18)29)27-26(31)35-20-6-4-5-7-20/h1-3,8-16,20H,4-7,17H2,(H,27,31)(H,28,30). The summed E-state index contributed by atoms with van der Waals surface area (Å²) < 4.78 is 39.9. The maximum absolute atomic E-state index is 12.5. The van der Waals surface area contributed by atoms with Crippen LogP contribution in [-0.2, 0) is 21.3 Å². The third-order valence-corrected chi connectivity index (χ3v) is 7.44. The Morgan fingerprint density at radius 3 is 2.56 bits per heavy atom. The molecular formula is C26H25N3O6S. The summed E-state index contributed by atoms with van der Waals surface area (Å²) in [5, 5.41) is 3.75. The summed E-state index contributed by atoms with van der Waals surface area (Å²) >= 11 is 0. The number of amides is 2. The summed E-state index contributed by atoms with van der Waals surface area (Å²) in [4.78, 5) is 24.7. The fourth-order valence-corrected chi connectivity index (χ4v) is 5.27. The Bertz CT molecular complexity index is 1500. The Kier molecular flexibility index (Phi) is 6.51. The number of ether oxygens (including phenoxy) is 1. The largest absolute Gasteiger partial charge is 0.454 e. The third kappa shape index (κ3) is 5.28. The van der Waals surface area contributed by atoms with Gasteiger partial charge in [0, 0.05) is 11.9 Å². The molecule has 2 heterocycles. The Balaban J connectivity index is 1.27. The topological polar surface area (TPSA) is 120 Å². The van der Waals surface area contributed by atoms with E-state index in [9.17, 15) is 18.0 Å². The van der Waals surface area contributed by atoms with Crippen molar-refractivity contribution < 1.29 is 27.2 Å². The molecule has 1 aliphatic rings. The lowest BCUT2D eigenvalue weighted by Crippen LogP contribution is -2.30. The van der Waals surface area contributed by atoms with E-state index in [4.69, 9.17) is 9.15 Å². The zero-order valence-corrected chi connectivity index (χ0v) is 20.2. The molecule has 4 aromatic rings. The third-order valence-electron chi connectivity index (χ3n) is 6.09. The van der Waals surface area contributed by atoms with Gasteiger partial charge < -0.3 is 13.7 Å². The van der Waals surface area contributed by atoms with Crippen molar-refractivity contribution in [1.82, 2.24) is 9.29 Å². The Morgan fingerprint density at radius 1 is 1.00 bits per heavy atom. The Morgan fingerprint density at radius 2 is 1.78 bits per heavy atom. The van der Waals surface area contributed by atoms with Crippen LogP contribution in [-0.4, -0.2) is 31.1 Å². The highest BCUT2D eigenvalue weighted by Gasteiger charge is 2.21. The number of carbonyl (C=O) groups excluding carboxylic acids is 2. The van der Waals surface area contributed by atoms with E-state index in [0.29, 0.717) is 18.0 Å². The second-order valence-electron chi connectivity index (χ2n) is 8.67. The summed E-state index contributed by atoms with van der Waals surface area (Å²) in [5.41, 5.74) is 1.46. The van der Waals surface area contributed by atoms with Gasteiger partial charge in [-0.3, -0.25) is 10.1 Å². The molecule has 9 nitrogen and oxygen atoms in total. The predicted octanol–water partition coefficient (Wildman–Crippen LogP) is 4.89. The molecule has 1 aliphatic carbocycles. The molecule has 0 saturated heterocycles. The Hall–Kier alpha value is -4.05. The van der Waals surface area contributed by atoms with Gasteiger partial charge in [-0.25, -0.2) is 17.9 Å². The van der Waals surface area contributed by atoms with E-state index < -0.39 is 22.0 Å². The second-order valence-corrected chi connectivity index (χ2v) is 10.4. The monoisotopic (exact) mass is 507 g/mol. The van der Waals surface area contributed by atoms with Crippen LogP contribution in [0.2, 0.25) is 0 Å². The normalized spacial score (nSPS) is 14.1. The number of hydrogen-bond donors (Lipinski definition) is 2. The first-order valence-corrected chi connectivity index (χ1v) is 13.1. The number of carbonyl (C=O) groups is 2. The lowest BCUT2D eigenvalue weighted by molar-refractivity contribution is 0.0952. The second kappa shape index (κ2) is 9.90. The minimum Gasteiger partial charge on any atom is -0.454 e. The van der Waals surface area contributed by atoms with Crippen molar-refractivity contribution in [2.45, 2.75) is 43.2 Å². The van der Waals surface area contributed by atoms with Gasteiger partial charge in [-0.15, -0.1) is 0 Å². The van der Waals surface area contributed by atoms with E-state index in [2.05, 4.69) is 5.32 Å². The summed E-state index contributed by atoms with van der Waals surface area (Å²) in [5.74, 6) is -0.499. The van der Waals surface area contributed by atoms with Crippen LogP contribution in [0.25, 0.3) is 10.9 Å². The highest BCUT2D eigenvalue weighted by atomic mass is 32.2. The smallest absolute Gasteiger partial charge is 0.411 e. The highest BCUT2D eigenvalue weighted by Crippen LogP contribution is 2.24. The first-order chi connectivity index (χ1) is 17.4. The van der Waals surface area contributed by atoms with Crippen LogP contribution in [0.5, 0.6) is 0 Å². The molecule has 0 aliphatic heterocycles. The van der Waals surface area contributed by atoms with Crippen molar-refractivity contribution >= 4 is 38.6 Å². The molecule has 1 saturated carbocycles. The first kappa shape index (κ1) is 23.7. The van der Waals surface area contributed by atoms with Crippen molar-refractivity contribution in [1.29, 1.82) is 0 Å². The minimum absolute atomic E-state index is 0.0134. The van der Waals surface area contributed by atoms with E-state index in [1.54, 1.807) is 24.3 Å². The maximum Gasteiger partial charge on any atom is 0.411 e. The number of fused-ring (bicyclic) bond motifs is 1. The van der Waals surface area contributed by atoms with Crippen LogP contribution in [0.3, 0.4) is 0 Å². The maximum atomic E-state index is 12.5. The molecule has 10 heteroatoms. The molecule has 0 bridgehead atoms. The average molecular weight is 508 g/mol. The molecule has 2 aromatic carbocycles. The number of nitrogens with one attached hydrogen (secondary N) is 2. The van der Waals surface area contributed by atoms with E-state index in [0.717, 1.165) is 36.6 Å². The number of rotatable bonds is 7. The molecule has 5 rings (SSSR count). The Labute approximate surface area is 208 Å². The number of benzene rings is 2. The van der Waals surface area contributed by atoms with Crippen LogP contribution < -0.4 is 10.0 Å². The predicted molar refractivity (Wildman–Crippen MR) is 133 cm³/mol. The summed E-state index contributed by atoms with van der Waals surface area (Å²) in [6.45, 7) is 0.304. The van der Waals surface area contributed by atoms with Gasteiger partial charge in [-0.2, -0.15) is 0 Å².